The SMILES string of the molecule is Cc1csc(-c2nc(CNC(=O)CCO)[nH]c2-c2ccc3ncsc3c2)n1. The average molecular weight is 400 g/mol. The van der Waals surface area contributed by atoms with Gasteiger partial charge >= 0.3 is 0 Å². The molecule has 9 heteroatoms. The van der Waals surface area contributed by atoms with E-state index in [0.717, 1.165) is 37.9 Å². The minimum Gasteiger partial charge on any atom is -0.396 e. The van der Waals surface area contributed by atoms with Gasteiger partial charge in [0.05, 0.1) is 34.6 Å². The van der Waals surface area contributed by atoms with Crippen molar-refractivity contribution in [2.24, 2.45) is 0 Å². The third kappa shape index (κ3) is 3.75. The number of benzene rings is 1. The first-order chi connectivity index (χ1) is 13.1. The van der Waals surface area contributed by atoms with Crippen LogP contribution in [-0.2, 0) is 11.3 Å². The summed E-state index contributed by atoms with van der Waals surface area (Å²) in [5.41, 5.74) is 6.37. The first-order valence-electron chi connectivity index (χ1n) is 8.36. The molecule has 3 N–H and O–H groups in total. The molecular weight excluding hydrogens is 382 g/mol. The predicted octanol–water partition coefficient (Wildman–Crippen LogP) is 3.12. The number of thiazole rings is 2. The van der Waals surface area contributed by atoms with Crippen LogP contribution in [0, 0.1) is 6.92 Å². The maximum atomic E-state index is 11.6. The molecule has 4 rings (SSSR count). The first-order valence-corrected chi connectivity index (χ1v) is 10.1. The number of nitrogens with zero attached hydrogens (tertiary/aromatic N) is 3. The second-order valence-corrected chi connectivity index (χ2v) is 7.73. The molecule has 27 heavy (non-hydrogen) atoms. The van der Waals surface area contributed by atoms with Crippen LogP contribution < -0.4 is 5.32 Å². The summed E-state index contributed by atoms with van der Waals surface area (Å²) in [6.45, 7) is 2.04. The van der Waals surface area contributed by atoms with Gasteiger partial charge in [0.1, 0.15) is 16.5 Å². The van der Waals surface area contributed by atoms with Crippen LogP contribution in [0.25, 0.3) is 32.2 Å². The molecule has 0 saturated carbocycles. The molecule has 7 nitrogen and oxygen atoms in total. The third-order valence-corrected chi connectivity index (χ3v) is 5.74. The molecule has 3 heterocycles. The van der Waals surface area contributed by atoms with Crippen molar-refractivity contribution in [1.82, 2.24) is 25.3 Å². The summed E-state index contributed by atoms with van der Waals surface area (Å²) in [5.74, 6) is 0.428. The van der Waals surface area contributed by atoms with E-state index in [1.54, 1.807) is 11.3 Å². The van der Waals surface area contributed by atoms with Gasteiger partial charge in [-0.05, 0) is 19.1 Å². The highest BCUT2D eigenvalue weighted by Crippen LogP contribution is 2.34. The number of aryl methyl sites for hydroxylation is 1. The minimum absolute atomic E-state index is 0.0775. The standard InChI is InChI=1S/C18H17N5O2S2/c1-10-8-26-18(21-10)17-16(11-2-3-12-13(6-11)27-9-20-12)22-14(23-17)7-19-15(25)4-5-24/h2-3,6,8-9,24H,4-5,7H2,1H3,(H,19,25)(H,22,23). The molecule has 3 aromatic heterocycles. The van der Waals surface area contributed by atoms with Crippen LogP contribution in [0.5, 0.6) is 0 Å². The van der Waals surface area contributed by atoms with E-state index >= 15 is 0 Å². The summed E-state index contributed by atoms with van der Waals surface area (Å²) >= 11 is 3.13. The van der Waals surface area contributed by atoms with Crippen LogP contribution in [0.2, 0.25) is 0 Å². The Balaban J connectivity index is 1.72. The van der Waals surface area contributed by atoms with Crippen LogP contribution in [0.3, 0.4) is 0 Å². The van der Waals surface area contributed by atoms with Gasteiger partial charge in [0, 0.05) is 23.1 Å². The van der Waals surface area contributed by atoms with Gasteiger partial charge in [-0.2, -0.15) is 0 Å². The first kappa shape index (κ1) is 17.8. The highest BCUT2D eigenvalue weighted by molar-refractivity contribution is 7.16. The molecule has 4 aromatic rings. The Morgan fingerprint density at radius 3 is 2.96 bits per heavy atom. The molecule has 0 spiro atoms. The van der Waals surface area contributed by atoms with Crippen molar-refractivity contribution in [3.63, 3.8) is 0 Å². The molecule has 1 amide bonds. The number of hydrogen-bond donors (Lipinski definition) is 3. The lowest BCUT2D eigenvalue weighted by Crippen LogP contribution is -2.23. The highest BCUT2D eigenvalue weighted by atomic mass is 32.1. The Labute approximate surface area is 163 Å². The molecule has 0 aliphatic carbocycles. The van der Waals surface area contributed by atoms with E-state index in [-0.39, 0.29) is 25.5 Å². The van der Waals surface area contributed by atoms with E-state index in [4.69, 9.17) is 5.11 Å². The fourth-order valence-corrected chi connectivity index (χ4v) is 4.22. The van der Waals surface area contributed by atoms with Crippen LogP contribution >= 0.6 is 22.7 Å². The van der Waals surface area contributed by atoms with Crippen molar-refractivity contribution in [2.45, 2.75) is 19.9 Å². The molecule has 0 atom stereocenters. The number of aromatic nitrogens is 4. The van der Waals surface area contributed by atoms with Gasteiger partial charge in [-0.15, -0.1) is 22.7 Å². The third-order valence-electron chi connectivity index (χ3n) is 3.99. The molecule has 0 fully saturated rings. The second kappa shape index (κ2) is 7.55. The summed E-state index contributed by atoms with van der Waals surface area (Å²) in [6, 6.07) is 6.08. The number of aliphatic hydroxyl groups excluding tert-OH is 1. The fourth-order valence-electron chi connectivity index (χ4n) is 2.72. The Bertz CT molecular complexity index is 1100. The van der Waals surface area contributed by atoms with E-state index < -0.39 is 0 Å². The van der Waals surface area contributed by atoms with Gasteiger partial charge in [0.2, 0.25) is 5.91 Å². The number of imidazole rings is 1. The number of carbonyl (C=O) groups is 1. The van der Waals surface area contributed by atoms with Crippen LogP contribution in [-0.4, -0.2) is 37.6 Å². The Morgan fingerprint density at radius 1 is 1.30 bits per heavy atom. The molecule has 0 radical (unpaired) electrons. The van der Waals surface area contributed by atoms with Crippen LogP contribution in [0.1, 0.15) is 17.9 Å². The van der Waals surface area contributed by atoms with Gasteiger partial charge < -0.3 is 15.4 Å². The van der Waals surface area contributed by atoms with Crippen LogP contribution in [0.15, 0.2) is 29.1 Å². The van der Waals surface area contributed by atoms with E-state index in [1.165, 1.54) is 11.3 Å². The molecule has 1 aromatic carbocycles. The van der Waals surface area contributed by atoms with E-state index in [9.17, 15) is 4.79 Å². The summed E-state index contributed by atoms with van der Waals surface area (Å²) < 4.78 is 1.10. The molecule has 0 aliphatic rings. The van der Waals surface area contributed by atoms with Crippen molar-refractivity contribution >= 4 is 38.8 Å². The van der Waals surface area contributed by atoms with Crippen molar-refractivity contribution < 1.29 is 9.90 Å². The molecule has 0 saturated heterocycles. The number of H-pyrrole nitrogens is 1. The summed E-state index contributed by atoms with van der Waals surface area (Å²) in [4.78, 5) is 28.5. The Kier molecular flexibility index (Phi) is 4.97. The number of nitrogens with one attached hydrogen (secondary N) is 2. The zero-order valence-electron chi connectivity index (χ0n) is 14.5. The number of rotatable bonds is 6. The number of carbonyl (C=O) groups excluding carboxylic acids is 1. The van der Waals surface area contributed by atoms with Crippen LogP contribution in [0.4, 0.5) is 0 Å². The van der Waals surface area contributed by atoms with E-state index in [0.29, 0.717) is 5.82 Å². The maximum absolute atomic E-state index is 11.6. The summed E-state index contributed by atoms with van der Waals surface area (Å²) in [6.07, 6.45) is 0.0775. The lowest BCUT2D eigenvalue weighted by molar-refractivity contribution is -0.121. The minimum atomic E-state index is -0.215. The van der Waals surface area contributed by atoms with E-state index in [1.807, 2.05) is 29.9 Å². The van der Waals surface area contributed by atoms with Gasteiger partial charge in [0.25, 0.3) is 0 Å². The topological polar surface area (TPSA) is 104 Å². The quantitative estimate of drug-likeness (QED) is 0.462. The second-order valence-electron chi connectivity index (χ2n) is 5.99. The zero-order chi connectivity index (χ0) is 18.8. The average Bonchev–Trinajstić information content (AvgIpc) is 3.38. The fraction of sp³-hybridized carbons (Fsp3) is 0.222. The van der Waals surface area contributed by atoms with E-state index in [2.05, 4.69) is 31.3 Å². The molecule has 0 aliphatic heterocycles. The smallest absolute Gasteiger partial charge is 0.222 e. The number of hydrogen-bond acceptors (Lipinski definition) is 7. The zero-order valence-corrected chi connectivity index (χ0v) is 16.2. The van der Waals surface area contributed by atoms with Gasteiger partial charge in [-0.1, -0.05) is 6.07 Å². The molecule has 138 valence electrons. The number of aliphatic hydroxyl groups is 1. The molecule has 0 bridgehead atoms. The van der Waals surface area contributed by atoms with Gasteiger partial charge in [-0.3, -0.25) is 4.79 Å². The molecule has 0 unspecified atom stereocenters. The predicted molar refractivity (Wildman–Crippen MR) is 107 cm³/mol. The largest absolute Gasteiger partial charge is 0.396 e. The number of amides is 1. The van der Waals surface area contributed by atoms with Crippen molar-refractivity contribution in [3.05, 3.63) is 40.6 Å². The number of aromatic amines is 1. The number of fused-ring (bicyclic) bond motifs is 1. The van der Waals surface area contributed by atoms with Gasteiger partial charge in [-0.25, -0.2) is 15.0 Å². The summed E-state index contributed by atoms with van der Waals surface area (Å²) in [5, 5.41) is 14.4. The monoisotopic (exact) mass is 399 g/mol. The van der Waals surface area contributed by atoms with Crippen molar-refractivity contribution in [1.29, 1.82) is 0 Å². The van der Waals surface area contributed by atoms with Gasteiger partial charge in [0.15, 0.2) is 0 Å². The Morgan fingerprint density at radius 2 is 2.19 bits per heavy atom. The highest BCUT2D eigenvalue weighted by Gasteiger charge is 2.17. The molecular formula is C18H17N5O2S2. The lowest BCUT2D eigenvalue weighted by Gasteiger charge is -2.02. The Hall–Kier alpha value is -2.62. The lowest BCUT2D eigenvalue weighted by atomic mass is 10.1. The summed E-state index contributed by atoms with van der Waals surface area (Å²) in [7, 11) is 0. The van der Waals surface area contributed by atoms with Crippen molar-refractivity contribution in [2.75, 3.05) is 6.61 Å². The van der Waals surface area contributed by atoms with Crippen molar-refractivity contribution in [3.8, 4) is 22.0 Å². The normalized spacial score (nSPS) is 11.2. The maximum Gasteiger partial charge on any atom is 0.222 e.